The summed E-state index contributed by atoms with van der Waals surface area (Å²) in [4.78, 5) is 12.3. The van der Waals surface area contributed by atoms with Crippen LogP contribution >= 0.6 is 34.9 Å². The van der Waals surface area contributed by atoms with Crippen molar-refractivity contribution in [3.05, 3.63) is 46.8 Å². The van der Waals surface area contributed by atoms with Gasteiger partial charge in [0, 0.05) is 12.8 Å². The van der Waals surface area contributed by atoms with Crippen LogP contribution in [0, 0.1) is 13.8 Å². The van der Waals surface area contributed by atoms with Crippen molar-refractivity contribution in [2.24, 2.45) is 7.05 Å². The SMILES string of the molecule is Cc1nn(C)c(C)c1NC(=O)CSc1nnc(SCc2ccc(C(C)C)cc2)s1. The summed E-state index contributed by atoms with van der Waals surface area (Å²) in [5.74, 6) is 1.63. The molecule has 6 nitrogen and oxygen atoms in total. The zero-order chi connectivity index (χ0) is 21.0. The van der Waals surface area contributed by atoms with Gasteiger partial charge in [0.1, 0.15) is 0 Å². The van der Waals surface area contributed by atoms with Crippen LogP contribution < -0.4 is 5.32 Å². The lowest BCUT2D eigenvalue weighted by Gasteiger charge is -2.06. The summed E-state index contributed by atoms with van der Waals surface area (Å²) in [6.45, 7) is 8.22. The van der Waals surface area contributed by atoms with Crippen LogP contribution in [0.3, 0.4) is 0 Å². The van der Waals surface area contributed by atoms with Crippen LogP contribution in [0.25, 0.3) is 0 Å². The molecule has 29 heavy (non-hydrogen) atoms. The first-order chi connectivity index (χ1) is 13.8. The summed E-state index contributed by atoms with van der Waals surface area (Å²) in [6.07, 6.45) is 0. The number of rotatable bonds is 8. The summed E-state index contributed by atoms with van der Waals surface area (Å²) in [5.41, 5.74) is 5.17. The van der Waals surface area contributed by atoms with Crippen LogP contribution in [-0.2, 0) is 17.6 Å². The molecule has 154 valence electrons. The van der Waals surface area contributed by atoms with E-state index in [2.05, 4.69) is 58.7 Å². The second-order valence-electron chi connectivity index (χ2n) is 7.03. The number of carbonyl (C=O) groups is 1. The molecule has 2 heterocycles. The molecule has 1 N–H and O–H groups in total. The highest BCUT2D eigenvalue weighted by atomic mass is 32.2. The molecule has 3 rings (SSSR count). The van der Waals surface area contributed by atoms with Gasteiger partial charge in [-0.15, -0.1) is 10.2 Å². The van der Waals surface area contributed by atoms with E-state index in [9.17, 15) is 4.79 Å². The van der Waals surface area contributed by atoms with Crippen molar-refractivity contribution in [2.75, 3.05) is 11.1 Å². The maximum atomic E-state index is 12.3. The molecule has 0 fully saturated rings. The number of benzene rings is 1. The number of aromatic nitrogens is 4. The molecule has 0 atom stereocenters. The molecular weight excluding hydrogens is 422 g/mol. The number of nitrogens with zero attached hydrogens (tertiary/aromatic N) is 4. The van der Waals surface area contributed by atoms with Gasteiger partial charge in [0.15, 0.2) is 8.68 Å². The van der Waals surface area contributed by atoms with Crippen LogP contribution in [-0.4, -0.2) is 31.6 Å². The fourth-order valence-electron chi connectivity index (χ4n) is 2.71. The lowest BCUT2D eigenvalue weighted by atomic mass is 10.0. The Hall–Kier alpha value is -1.84. The van der Waals surface area contributed by atoms with E-state index in [0.29, 0.717) is 11.7 Å². The van der Waals surface area contributed by atoms with Crippen molar-refractivity contribution in [1.29, 1.82) is 0 Å². The van der Waals surface area contributed by atoms with Crippen LogP contribution in [0.2, 0.25) is 0 Å². The minimum Gasteiger partial charge on any atom is -0.322 e. The maximum Gasteiger partial charge on any atom is 0.234 e. The zero-order valence-corrected chi connectivity index (χ0v) is 19.7. The normalized spacial score (nSPS) is 11.2. The van der Waals surface area contributed by atoms with E-state index in [0.717, 1.165) is 31.5 Å². The largest absolute Gasteiger partial charge is 0.322 e. The highest BCUT2D eigenvalue weighted by Crippen LogP contribution is 2.31. The number of carbonyl (C=O) groups excluding carboxylic acids is 1. The summed E-state index contributed by atoms with van der Waals surface area (Å²) in [5, 5.41) is 15.7. The third-order valence-corrected chi connectivity index (χ3v) is 7.76. The van der Waals surface area contributed by atoms with E-state index in [-0.39, 0.29) is 5.91 Å². The molecule has 0 aliphatic heterocycles. The first kappa shape index (κ1) is 21.9. The second kappa shape index (κ2) is 9.77. The summed E-state index contributed by atoms with van der Waals surface area (Å²) < 4.78 is 3.49. The first-order valence-corrected chi connectivity index (χ1v) is 12.1. The van der Waals surface area contributed by atoms with Gasteiger partial charge in [0.25, 0.3) is 0 Å². The monoisotopic (exact) mass is 447 g/mol. The highest BCUT2D eigenvalue weighted by molar-refractivity contribution is 8.03. The van der Waals surface area contributed by atoms with Crippen molar-refractivity contribution < 1.29 is 4.79 Å². The number of nitrogens with one attached hydrogen (secondary N) is 1. The molecule has 0 radical (unpaired) electrons. The van der Waals surface area contributed by atoms with E-state index in [1.807, 2.05) is 20.9 Å². The van der Waals surface area contributed by atoms with Crippen LogP contribution in [0.1, 0.15) is 42.3 Å². The van der Waals surface area contributed by atoms with Gasteiger partial charge in [-0.2, -0.15) is 5.10 Å². The molecule has 1 amide bonds. The van der Waals surface area contributed by atoms with Gasteiger partial charge in [0.05, 0.1) is 22.8 Å². The summed E-state index contributed by atoms with van der Waals surface area (Å²) >= 11 is 4.60. The van der Waals surface area contributed by atoms with Gasteiger partial charge in [0.2, 0.25) is 5.91 Å². The van der Waals surface area contributed by atoms with Crippen LogP contribution in [0.15, 0.2) is 32.9 Å². The Bertz CT molecular complexity index is 979. The maximum absolute atomic E-state index is 12.3. The van der Waals surface area contributed by atoms with E-state index >= 15 is 0 Å². The molecule has 0 bridgehead atoms. The van der Waals surface area contributed by atoms with Gasteiger partial charge in [-0.05, 0) is 30.9 Å². The topological polar surface area (TPSA) is 72.7 Å². The third kappa shape index (κ3) is 5.83. The minimum atomic E-state index is -0.0659. The minimum absolute atomic E-state index is 0.0659. The van der Waals surface area contributed by atoms with Crippen molar-refractivity contribution in [3.8, 4) is 0 Å². The molecule has 0 aliphatic carbocycles. The van der Waals surface area contributed by atoms with Gasteiger partial charge in [-0.25, -0.2) is 0 Å². The molecule has 3 aromatic rings. The van der Waals surface area contributed by atoms with Crippen LogP contribution in [0.5, 0.6) is 0 Å². The van der Waals surface area contributed by atoms with Gasteiger partial charge < -0.3 is 5.32 Å². The van der Waals surface area contributed by atoms with E-state index in [1.54, 1.807) is 16.4 Å². The molecule has 1 aromatic carbocycles. The zero-order valence-electron chi connectivity index (χ0n) is 17.2. The molecule has 0 spiro atoms. The summed E-state index contributed by atoms with van der Waals surface area (Å²) in [7, 11) is 1.87. The molecule has 0 saturated carbocycles. The van der Waals surface area contributed by atoms with Crippen molar-refractivity contribution >= 4 is 46.5 Å². The summed E-state index contributed by atoms with van der Waals surface area (Å²) in [6, 6.07) is 8.72. The first-order valence-electron chi connectivity index (χ1n) is 9.31. The molecule has 9 heteroatoms. The number of aryl methyl sites for hydroxylation is 2. The van der Waals surface area contributed by atoms with E-state index in [1.165, 1.54) is 34.2 Å². The Balaban J connectivity index is 1.48. The Morgan fingerprint density at radius 2 is 1.79 bits per heavy atom. The lowest BCUT2D eigenvalue weighted by Crippen LogP contribution is -2.15. The number of anilines is 1. The van der Waals surface area contributed by atoms with Crippen molar-refractivity contribution in [1.82, 2.24) is 20.0 Å². The van der Waals surface area contributed by atoms with Gasteiger partial charge in [-0.3, -0.25) is 9.48 Å². The Morgan fingerprint density at radius 3 is 2.38 bits per heavy atom. The Morgan fingerprint density at radius 1 is 1.14 bits per heavy atom. The average molecular weight is 448 g/mol. The average Bonchev–Trinajstić information content (AvgIpc) is 3.25. The lowest BCUT2D eigenvalue weighted by molar-refractivity contribution is -0.113. The number of amides is 1. The number of hydrogen-bond donors (Lipinski definition) is 1. The van der Waals surface area contributed by atoms with E-state index in [4.69, 9.17) is 0 Å². The van der Waals surface area contributed by atoms with Crippen molar-refractivity contribution in [3.63, 3.8) is 0 Å². The van der Waals surface area contributed by atoms with Crippen LogP contribution in [0.4, 0.5) is 5.69 Å². The standard InChI is InChI=1S/C20H25N5OS3/c1-12(2)16-8-6-15(7-9-16)10-27-19-22-23-20(29-19)28-11-17(26)21-18-13(3)24-25(5)14(18)4/h6-9,12H,10-11H2,1-5H3,(H,21,26). The molecule has 2 aromatic heterocycles. The second-order valence-corrected chi connectivity index (χ2v) is 10.4. The molecule has 0 unspecified atom stereocenters. The Labute approximate surface area is 183 Å². The number of hydrogen-bond acceptors (Lipinski definition) is 7. The van der Waals surface area contributed by atoms with Gasteiger partial charge >= 0.3 is 0 Å². The van der Waals surface area contributed by atoms with Gasteiger partial charge in [-0.1, -0.05) is 73.0 Å². The highest BCUT2D eigenvalue weighted by Gasteiger charge is 2.14. The van der Waals surface area contributed by atoms with Crippen molar-refractivity contribution in [2.45, 2.75) is 48.0 Å². The number of thioether (sulfide) groups is 2. The molecule has 0 saturated heterocycles. The van der Waals surface area contributed by atoms with E-state index < -0.39 is 0 Å². The fraction of sp³-hybridized carbons (Fsp3) is 0.400. The fourth-order valence-corrected chi connectivity index (χ4v) is 5.49. The predicted octanol–water partition coefficient (Wildman–Crippen LogP) is 5.03. The molecule has 0 aliphatic rings. The predicted molar refractivity (Wildman–Crippen MR) is 122 cm³/mol. The third-order valence-electron chi connectivity index (χ3n) is 4.50. The quantitative estimate of drug-likeness (QED) is 0.488. The Kier molecular flexibility index (Phi) is 7.37. The molecular formula is C20H25N5OS3. The smallest absolute Gasteiger partial charge is 0.234 e.